The number of esters is 1. The standard InChI is InChI=1S/C13H16FNO3/c1-18-13(17)9-2-4-10(5-3-9)15-7-6-12(16)11(14)8-15/h2-5,11-12,16H,6-8H2,1H3. The molecule has 1 aromatic rings. The molecular weight excluding hydrogens is 237 g/mol. The molecule has 0 bridgehead atoms. The minimum Gasteiger partial charge on any atom is -0.465 e. The highest BCUT2D eigenvalue weighted by Crippen LogP contribution is 2.22. The zero-order valence-electron chi connectivity index (χ0n) is 10.2. The maximum atomic E-state index is 13.4. The second-order valence-corrected chi connectivity index (χ2v) is 4.36. The van der Waals surface area contributed by atoms with Crippen molar-refractivity contribution in [2.75, 3.05) is 25.1 Å². The monoisotopic (exact) mass is 253 g/mol. The highest BCUT2D eigenvalue weighted by Gasteiger charge is 2.27. The summed E-state index contributed by atoms with van der Waals surface area (Å²) in [5.74, 6) is -0.390. The van der Waals surface area contributed by atoms with E-state index >= 15 is 0 Å². The summed E-state index contributed by atoms with van der Waals surface area (Å²) in [6.45, 7) is 0.790. The van der Waals surface area contributed by atoms with Gasteiger partial charge in [0.1, 0.15) is 6.17 Å². The van der Waals surface area contributed by atoms with Crippen LogP contribution in [0.1, 0.15) is 16.8 Å². The molecule has 0 aliphatic carbocycles. The van der Waals surface area contributed by atoms with E-state index in [-0.39, 0.29) is 12.5 Å². The Morgan fingerprint density at radius 2 is 2.11 bits per heavy atom. The molecule has 1 aliphatic rings. The summed E-state index contributed by atoms with van der Waals surface area (Å²) in [5.41, 5.74) is 1.31. The van der Waals surface area contributed by atoms with Crippen molar-refractivity contribution < 1.29 is 19.0 Å². The summed E-state index contributed by atoms with van der Waals surface area (Å²) >= 11 is 0. The lowest BCUT2D eigenvalue weighted by molar-refractivity contribution is 0.0600. The fourth-order valence-electron chi connectivity index (χ4n) is 2.05. The van der Waals surface area contributed by atoms with Gasteiger partial charge < -0.3 is 14.7 Å². The lowest BCUT2D eigenvalue weighted by Gasteiger charge is -2.33. The maximum absolute atomic E-state index is 13.4. The van der Waals surface area contributed by atoms with E-state index in [1.165, 1.54) is 7.11 Å². The van der Waals surface area contributed by atoms with E-state index < -0.39 is 12.3 Å². The molecule has 0 radical (unpaired) electrons. The van der Waals surface area contributed by atoms with Gasteiger partial charge in [0.2, 0.25) is 0 Å². The van der Waals surface area contributed by atoms with Gasteiger partial charge >= 0.3 is 5.97 Å². The van der Waals surface area contributed by atoms with Gasteiger partial charge in [-0.05, 0) is 30.7 Å². The number of rotatable bonds is 2. The lowest BCUT2D eigenvalue weighted by Crippen LogP contribution is -2.44. The Hall–Kier alpha value is -1.62. The van der Waals surface area contributed by atoms with Gasteiger partial charge in [0.15, 0.2) is 0 Å². The van der Waals surface area contributed by atoms with Crippen LogP contribution in [0.25, 0.3) is 0 Å². The number of halogens is 1. The number of hydrogen-bond acceptors (Lipinski definition) is 4. The summed E-state index contributed by atoms with van der Waals surface area (Å²) in [4.78, 5) is 13.1. The van der Waals surface area contributed by atoms with E-state index in [1.54, 1.807) is 24.3 Å². The number of nitrogens with zero attached hydrogens (tertiary/aromatic N) is 1. The summed E-state index contributed by atoms with van der Waals surface area (Å²) in [5, 5.41) is 9.33. The Labute approximate surface area is 105 Å². The lowest BCUT2D eigenvalue weighted by atomic mass is 10.1. The number of piperidine rings is 1. The van der Waals surface area contributed by atoms with Crippen molar-refractivity contribution >= 4 is 11.7 Å². The van der Waals surface area contributed by atoms with Crippen molar-refractivity contribution in [1.29, 1.82) is 0 Å². The van der Waals surface area contributed by atoms with Crippen LogP contribution < -0.4 is 4.90 Å². The molecule has 2 atom stereocenters. The zero-order chi connectivity index (χ0) is 13.1. The normalized spacial score (nSPS) is 23.8. The number of aliphatic hydroxyl groups is 1. The molecule has 0 amide bonds. The quantitative estimate of drug-likeness (QED) is 0.809. The summed E-state index contributed by atoms with van der Waals surface area (Å²) in [7, 11) is 1.33. The molecule has 1 saturated heterocycles. The van der Waals surface area contributed by atoms with Crippen LogP contribution in [0.15, 0.2) is 24.3 Å². The first kappa shape index (κ1) is 12.8. The number of hydrogen-bond donors (Lipinski definition) is 1. The van der Waals surface area contributed by atoms with Crippen LogP contribution >= 0.6 is 0 Å². The Bertz CT molecular complexity index is 421. The van der Waals surface area contributed by atoms with Crippen molar-refractivity contribution in [2.45, 2.75) is 18.7 Å². The average molecular weight is 253 g/mol. The van der Waals surface area contributed by atoms with E-state index in [4.69, 9.17) is 0 Å². The van der Waals surface area contributed by atoms with E-state index in [9.17, 15) is 14.3 Å². The second kappa shape index (κ2) is 5.35. The van der Waals surface area contributed by atoms with Crippen molar-refractivity contribution in [1.82, 2.24) is 0 Å². The molecule has 98 valence electrons. The Morgan fingerprint density at radius 1 is 1.44 bits per heavy atom. The second-order valence-electron chi connectivity index (χ2n) is 4.36. The number of carbonyl (C=O) groups is 1. The number of alkyl halides is 1. The van der Waals surface area contributed by atoms with E-state index in [0.717, 1.165) is 5.69 Å². The number of benzene rings is 1. The Morgan fingerprint density at radius 3 is 2.67 bits per heavy atom. The van der Waals surface area contributed by atoms with Gasteiger partial charge in [0.05, 0.1) is 25.3 Å². The number of methoxy groups -OCH3 is 1. The fraction of sp³-hybridized carbons (Fsp3) is 0.462. The van der Waals surface area contributed by atoms with Gasteiger partial charge in [-0.3, -0.25) is 0 Å². The van der Waals surface area contributed by atoms with Crippen LogP contribution in [0.4, 0.5) is 10.1 Å². The molecule has 4 nitrogen and oxygen atoms in total. The van der Waals surface area contributed by atoms with Gasteiger partial charge in [-0.2, -0.15) is 0 Å². The molecule has 0 spiro atoms. The Kier molecular flexibility index (Phi) is 3.81. The molecule has 2 unspecified atom stereocenters. The van der Waals surface area contributed by atoms with Gasteiger partial charge in [0.25, 0.3) is 0 Å². The highest BCUT2D eigenvalue weighted by molar-refractivity contribution is 5.89. The summed E-state index contributed by atoms with van der Waals surface area (Å²) in [6, 6.07) is 6.83. The van der Waals surface area contributed by atoms with Crippen LogP contribution in [0.2, 0.25) is 0 Å². The molecular formula is C13H16FNO3. The van der Waals surface area contributed by atoms with E-state index in [1.807, 2.05) is 4.90 Å². The molecule has 0 aromatic heterocycles. The minimum atomic E-state index is -1.22. The van der Waals surface area contributed by atoms with Crippen LogP contribution in [0, 0.1) is 0 Å². The van der Waals surface area contributed by atoms with E-state index in [0.29, 0.717) is 18.5 Å². The number of aliphatic hydroxyl groups excluding tert-OH is 1. The first-order valence-electron chi connectivity index (χ1n) is 5.87. The largest absolute Gasteiger partial charge is 0.465 e. The molecule has 1 fully saturated rings. The van der Waals surface area contributed by atoms with Gasteiger partial charge in [-0.1, -0.05) is 0 Å². The van der Waals surface area contributed by atoms with E-state index in [2.05, 4.69) is 4.74 Å². The third kappa shape index (κ3) is 2.61. The van der Waals surface area contributed by atoms with Crippen LogP contribution in [0.3, 0.4) is 0 Å². The van der Waals surface area contributed by atoms with Crippen LogP contribution in [-0.4, -0.2) is 43.6 Å². The minimum absolute atomic E-state index is 0.179. The van der Waals surface area contributed by atoms with Crippen molar-refractivity contribution in [3.63, 3.8) is 0 Å². The van der Waals surface area contributed by atoms with Crippen molar-refractivity contribution in [3.05, 3.63) is 29.8 Å². The van der Waals surface area contributed by atoms with Crippen LogP contribution in [0.5, 0.6) is 0 Å². The first-order chi connectivity index (χ1) is 8.61. The van der Waals surface area contributed by atoms with Crippen LogP contribution in [-0.2, 0) is 4.74 Å². The zero-order valence-corrected chi connectivity index (χ0v) is 10.2. The maximum Gasteiger partial charge on any atom is 0.337 e. The molecule has 1 aliphatic heterocycles. The van der Waals surface area contributed by atoms with Crippen molar-refractivity contribution in [3.8, 4) is 0 Å². The Balaban J connectivity index is 2.08. The molecule has 5 heteroatoms. The molecule has 1 N–H and O–H groups in total. The van der Waals surface area contributed by atoms with Crippen molar-refractivity contribution in [2.24, 2.45) is 0 Å². The molecule has 1 heterocycles. The summed E-state index contributed by atoms with van der Waals surface area (Å²) in [6.07, 6.45) is -1.67. The molecule has 0 saturated carbocycles. The average Bonchev–Trinajstić information content (AvgIpc) is 2.41. The fourth-order valence-corrected chi connectivity index (χ4v) is 2.05. The highest BCUT2D eigenvalue weighted by atomic mass is 19.1. The molecule has 1 aromatic carbocycles. The molecule has 18 heavy (non-hydrogen) atoms. The van der Waals surface area contributed by atoms with Gasteiger partial charge in [-0.25, -0.2) is 9.18 Å². The van der Waals surface area contributed by atoms with Gasteiger partial charge in [-0.15, -0.1) is 0 Å². The predicted octanol–water partition coefficient (Wildman–Crippen LogP) is 1.38. The number of anilines is 1. The molecule has 2 rings (SSSR count). The topological polar surface area (TPSA) is 49.8 Å². The smallest absolute Gasteiger partial charge is 0.337 e. The SMILES string of the molecule is COC(=O)c1ccc(N2CCC(O)C(F)C2)cc1. The number of carbonyl (C=O) groups excluding carboxylic acids is 1. The first-order valence-corrected chi connectivity index (χ1v) is 5.87. The van der Waals surface area contributed by atoms with Gasteiger partial charge in [0, 0.05) is 12.2 Å². The third-order valence-electron chi connectivity index (χ3n) is 3.16. The summed E-state index contributed by atoms with van der Waals surface area (Å²) < 4.78 is 18.0. The predicted molar refractivity (Wildman–Crippen MR) is 65.5 cm³/mol. The third-order valence-corrected chi connectivity index (χ3v) is 3.16. The number of ether oxygens (including phenoxy) is 1.